The number of carbonyl (C=O) groups excluding carboxylic acids is 1. The van der Waals surface area contributed by atoms with Crippen molar-refractivity contribution < 1.29 is 13.7 Å². The third kappa shape index (κ3) is 4.42. The van der Waals surface area contributed by atoms with Gasteiger partial charge in [0, 0.05) is 23.7 Å². The quantitative estimate of drug-likeness (QED) is 0.606. The first-order valence-corrected chi connectivity index (χ1v) is 9.06. The van der Waals surface area contributed by atoms with Crippen LogP contribution in [0, 0.1) is 19.7 Å². The van der Waals surface area contributed by atoms with Crippen molar-refractivity contribution in [3.05, 3.63) is 76.7 Å². The van der Waals surface area contributed by atoms with E-state index < -0.39 is 0 Å². The molecule has 1 amide bonds. The summed E-state index contributed by atoms with van der Waals surface area (Å²) in [4.78, 5) is 14.5. The van der Waals surface area contributed by atoms with Gasteiger partial charge in [-0.25, -0.2) is 4.39 Å². The predicted molar refractivity (Wildman–Crippen MR) is 103 cm³/mol. The summed E-state index contributed by atoms with van der Waals surface area (Å²) in [5.74, 6) is 0.185. The summed E-state index contributed by atoms with van der Waals surface area (Å²) in [5, 5.41) is 4.14. The van der Waals surface area contributed by atoms with E-state index in [0.717, 1.165) is 17.5 Å². The molecule has 4 nitrogen and oxygen atoms in total. The van der Waals surface area contributed by atoms with Crippen molar-refractivity contribution in [3.8, 4) is 11.3 Å². The number of rotatable bonds is 6. The minimum atomic E-state index is -0.358. The summed E-state index contributed by atoms with van der Waals surface area (Å²) >= 11 is 0. The van der Waals surface area contributed by atoms with E-state index in [9.17, 15) is 9.18 Å². The van der Waals surface area contributed by atoms with Crippen molar-refractivity contribution in [1.82, 2.24) is 10.1 Å². The first kappa shape index (κ1) is 18.8. The summed E-state index contributed by atoms with van der Waals surface area (Å²) in [6.07, 6.45) is 0.814. The molecule has 0 aliphatic heterocycles. The number of aromatic nitrogens is 1. The topological polar surface area (TPSA) is 46.3 Å². The fraction of sp³-hybridized carbons (Fsp3) is 0.273. The molecule has 140 valence electrons. The lowest BCUT2D eigenvalue weighted by Crippen LogP contribution is -2.31. The average molecular weight is 366 g/mol. The molecule has 0 aliphatic rings. The molecule has 27 heavy (non-hydrogen) atoms. The molecule has 0 fully saturated rings. The van der Waals surface area contributed by atoms with Crippen LogP contribution in [-0.4, -0.2) is 22.5 Å². The maximum absolute atomic E-state index is 13.1. The number of benzene rings is 2. The van der Waals surface area contributed by atoms with E-state index in [2.05, 4.69) is 11.2 Å². The number of hydrogen-bond donors (Lipinski definition) is 0. The number of carbonyl (C=O) groups is 1. The van der Waals surface area contributed by atoms with E-state index in [1.165, 1.54) is 29.8 Å². The molecule has 0 unspecified atom stereocenters. The van der Waals surface area contributed by atoms with Gasteiger partial charge in [0.05, 0.1) is 6.54 Å². The highest BCUT2D eigenvalue weighted by Crippen LogP contribution is 2.25. The largest absolute Gasteiger partial charge is 0.356 e. The van der Waals surface area contributed by atoms with Gasteiger partial charge in [0.1, 0.15) is 11.5 Å². The van der Waals surface area contributed by atoms with Crippen LogP contribution in [0.15, 0.2) is 53.1 Å². The van der Waals surface area contributed by atoms with Crippen molar-refractivity contribution in [2.24, 2.45) is 0 Å². The third-order valence-electron chi connectivity index (χ3n) is 4.43. The van der Waals surface area contributed by atoms with Gasteiger partial charge in [-0.3, -0.25) is 4.79 Å². The van der Waals surface area contributed by atoms with Crippen LogP contribution in [0.2, 0.25) is 0 Å². The van der Waals surface area contributed by atoms with Crippen molar-refractivity contribution in [2.75, 3.05) is 6.54 Å². The maximum Gasteiger partial charge on any atom is 0.254 e. The Balaban J connectivity index is 1.80. The maximum atomic E-state index is 13.1. The number of nitrogens with zero attached hydrogens (tertiary/aromatic N) is 2. The Hall–Kier alpha value is -2.95. The zero-order valence-electron chi connectivity index (χ0n) is 15.8. The molecule has 0 aliphatic carbocycles. The van der Waals surface area contributed by atoms with E-state index in [-0.39, 0.29) is 11.7 Å². The van der Waals surface area contributed by atoms with Crippen LogP contribution >= 0.6 is 0 Å². The Bertz CT molecular complexity index is 932. The molecular weight excluding hydrogens is 343 g/mol. The summed E-state index contributed by atoms with van der Waals surface area (Å²) in [6, 6.07) is 13.6. The van der Waals surface area contributed by atoms with Crippen molar-refractivity contribution in [3.63, 3.8) is 0 Å². The predicted octanol–water partition coefficient (Wildman–Crippen LogP) is 5.15. The van der Waals surface area contributed by atoms with E-state index >= 15 is 0 Å². The monoisotopic (exact) mass is 366 g/mol. The number of hydrogen-bond acceptors (Lipinski definition) is 3. The van der Waals surface area contributed by atoms with Gasteiger partial charge in [-0.05, 0) is 50.1 Å². The van der Waals surface area contributed by atoms with Gasteiger partial charge in [0.15, 0.2) is 5.76 Å². The Morgan fingerprint density at radius 2 is 1.85 bits per heavy atom. The number of halogens is 1. The zero-order valence-corrected chi connectivity index (χ0v) is 15.8. The summed E-state index contributed by atoms with van der Waals surface area (Å²) in [7, 11) is 0. The van der Waals surface area contributed by atoms with Gasteiger partial charge in [0.2, 0.25) is 0 Å². The molecule has 0 bridgehead atoms. The minimum Gasteiger partial charge on any atom is -0.356 e. The van der Waals surface area contributed by atoms with Gasteiger partial charge in [0.25, 0.3) is 5.91 Å². The van der Waals surface area contributed by atoms with Gasteiger partial charge in [-0.1, -0.05) is 35.8 Å². The Morgan fingerprint density at radius 3 is 2.52 bits per heavy atom. The highest BCUT2D eigenvalue weighted by atomic mass is 19.1. The van der Waals surface area contributed by atoms with Crippen molar-refractivity contribution in [1.29, 1.82) is 0 Å². The molecule has 0 spiro atoms. The summed E-state index contributed by atoms with van der Waals surface area (Å²) in [5.41, 5.74) is 4.45. The normalized spacial score (nSPS) is 10.8. The third-order valence-corrected chi connectivity index (χ3v) is 4.43. The smallest absolute Gasteiger partial charge is 0.254 e. The number of aryl methyl sites for hydroxylation is 2. The Labute approximate surface area is 158 Å². The fourth-order valence-corrected chi connectivity index (χ4v) is 3.10. The fourth-order valence-electron chi connectivity index (χ4n) is 3.10. The van der Waals surface area contributed by atoms with Crippen molar-refractivity contribution >= 4 is 5.91 Å². The lowest BCUT2D eigenvalue weighted by molar-refractivity contribution is 0.0739. The average Bonchev–Trinajstić information content (AvgIpc) is 3.09. The molecule has 1 heterocycles. The minimum absolute atomic E-state index is 0.145. The highest BCUT2D eigenvalue weighted by molar-refractivity contribution is 5.94. The van der Waals surface area contributed by atoms with Crippen LogP contribution in [0.1, 0.15) is 40.5 Å². The van der Waals surface area contributed by atoms with Gasteiger partial charge in [-0.15, -0.1) is 0 Å². The van der Waals surface area contributed by atoms with Gasteiger partial charge in [-0.2, -0.15) is 0 Å². The number of amides is 1. The first-order valence-electron chi connectivity index (χ1n) is 9.06. The van der Waals surface area contributed by atoms with Crippen LogP contribution in [0.3, 0.4) is 0 Å². The molecule has 0 saturated carbocycles. The molecule has 0 atom stereocenters. The molecule has 2 aromatic carbocycles. The standard InChI is InChI=1S/C22H23FN2O2/c1-4-11-25(22(26)17-6-8-18(23)9-7-17)14-19-13-21(27-24-19)20-10-5-15(2)12-16(20)3/h5-10,12-13H,4,11,14H2,1-3H3. The SMILES string of the molecule is CCCN(Cc1cc(-c2ccc(C)cc2C)on1)C(=O)c1ccc(F)cc1. The highest BCUT2D eigenvalue weighted by Gasteiger charge is 2.18. The lowest BCUT2D eigenvalue weighted by atomic mass is 10.0. The molecule has 1 aromatic heterocycles. The lowest BCUT2D eigenvalue weighted by Gasteiger charge is -2.21. The van der Waals surface area contributed by atoms with Crippen LogP contribution in [0.5, 0.6) is 0 Å². The summed E-state index contributed by atoms with van der Waals surface area (Å²) in [6.45, 7) is 7.02. The van der Waals surface area contributed by atoms with Crippen molar-refractivity contribution in [2.45, 2.75) is 33.7 Å². The second-order valence-corrected chi connectivity index (χ2v) is 6.73. The van der Waals surface area contributed by atoms with Gasteiger partial charge >= 0.3 is 0 Å². The molecular formula is C22H23FN2O2. The second kappa shape index (κ2) is 8.16. The molecule has 0 radical (unpaired) electrons. The molecule has 3 rings (SSSR count). The van der Waals surface area contributed by atoms with E-state index in [1.54, 1.807) is 4.90 Å². The van der Waals surface area contributed by atoms with Crippen LogP contribution in [-0.2, 0) is 6.54 Å². The van der Waals surface area contributed by atoms with Crippen LogP contribution in [0.25, 0.3) is 11.3 Å². The van der Waals surface area contributed by atoms with E-state index in [4.69, 9.17) is 4.52 Å². The zero-order chi connectivity index (χ0) is 19.4. The Kier molecular flexibility index (Phi) is 5.69. The summed E-state index contributed by atoms with van der Waals surface area (Å²) < 4.78 is 18.6. The molecule has 0 N–H and O–H groups in total. The molecule has 3 aromatic rings. The first-order chi connectivity index (χ1) is 13.0. The van der Waals surface area contributed by atoms with Crippen LogP contribution < -0.4 is 0 Å². The Morgan fingerprint density at radius 1 is 1.11 bits per heavy atom. The van der Waals surface area contributed by atoms with E-state index in [1.807, 2.05) is 39.0 Å². The van der Waals surface area contributed by atoms with Gasteiger partial charge < -0.3 is 9.42 Å². The van der Waals surface area contributed by atoms with Crippen LogP contribution in [0.4, 0.5) is 4.39 Å². The van der Waals surface area contributed by atoms with E-state index in [0.29, 0.717) is 30.1 Å². The second-order valence-electron chi connectivity index (χ2n) is 6.73. The molecule has 0 saturated heterocycles. The molecule has 5 heteroatoms.